The molecule has 1 amide bonds. The van der Waals surface area contributed by atoms with Crippen LogP contribution >= 0.6 is 11.3 Å². The summed E-state index contributed by atoms with van der Waals surface area (Å²) in [5, 5.41) is 3.40. The Balaban J connectivity index is 1.42. The molecule has 2 heterocycles. The second-order valence-electron chi connectivity index (χ2n) is 6.60. The third kappa shape index (κ3) is 4.07. The van der Waals surface area contributed by atoms with Crippen LogP contribution < -0.4 is 0 Å². The Morgan fingerprint density at radius 3 is 2.64 bits per heavy atom. The van der Waals surface area contributed by atoms with Gasteiger partial charge in [0.25, 0.3) is 0 Å². The zero-order chi connectivity index (χ0) is 15.4. The van der Waals surface area contributed by atoms with Gasteiger partial charge in [-0.25, -0.2) is 4.98 Å². The summed E-state index contributed by atoms with van der Waals surface area (Å²) >= 11 is 1.76. The molecule has 22 heavy (non-hydrogen) atoms. The minimum atomic E-state index is 0.383. The summed E-state index contributed by atoms with van der Waals surface area (Å²) in [5.41, 5.74) is 1.19. The molecular weight excluding hydrogens is 294 g/mol. The molecule has 0 unspecified atom stereocenters. The van der Waals surface area contributed by atoms with Gasteiger partial charge in [-0.15, -0.1) is 11.3 Å². The number of nitrogens with zero attached hydrogens (tertiary/aromatic N) is 3. The molecule has 1 aromatic rings. The average molecular weight is 321 g/mol. The van der Waals surface area contributed by atoms with Crippen molar-refractivity contribution in [1.29, 1.82) is 0 Å². The van der Waals surface area contributed by atoms with E-state index >= 15 is 0 Å². The number of piperazine rings is 1. The third-order valence-corrected chi connectivity index (χ3v) is 5.99. The predicted molar refractivity (Wildman–Crippen MR) is 89.9 cm³/mol. The summed E-state index contributed by atoms with van der Waals surface area (Å²) in [7, 11) is 0. The standard InChI is InChI=1S/C17H27N3OS/c1-2-16-18-15(13-22-16)12-19-7-9-20(10-8-19)17(21)11-14-5-3-4-6-14/h13-14H,2-12H2,1H3. The Kier molecular flexibility index (Phi) is 5.47. The lowest BCUT2D eigenvalue weighted by Crippen LogP contribution is -2.48. The van der Waals surface area contributed by atoms with Crippen LogP contribution in [0.15, 0.2) is 5.38 Å². The van der Waals surface area contributed by atoms with Gasteiger partial charge in [0, 0.05) is 44.5 Å². The molecule has 0 N–H and O–H groups in total. The van der Waals surface area contributed by atoms with E-state index in [9.17, 15) is 4.79 Å². The van der Waals surface area contributed by atoms with Crippen molar-refractivity contribution < 1.29 is 4.79 Å². The molecule has 0 bridgehead atoms. The van der Waals surface area contributed by atoms with Gasteiger partial charge >= 0.3 is 0 Å². The predicted octanol–water partition coefficient (Wildman–Crippen LogP) is 2.93. The van der Waals surface area contributed by atoms with Crippen molar-refractivity contribution in [1.82, 2.24) is 14.8 Å². The van der Waals surface area contributed by atoms with Crippen molar-refractivity contribution in [3.63, 3.8) is 0 Å². The van der Waals surface area contributed by atoms with Crippen molar-refractivity contribution in [2.75, 3.05) is 26.2 Å². The molecule has 1 saturated heterocycles. The molecule has 5 heteroatoms. The van der Waals surface area contributed by atoms with E-state index in [1.807, 2.05) is 0 Å². The summed E-state index contributed by atoms with van der Waals surface area (Å²) in [6.45, 7) is 6.82. The molecule has 122 valence electrons. The zero-order valence-electron chi connectivity index (χ0n) is 13.6. The van der Waals surface area contributed by atoms with E-state index in [2.05, 4.69) is 27.1 Å². The van der Waals surface area contributed by atoms with E-state index in [-0.39, 0.29) is 0 Å². The van der Waals surface area contributed by atoms with Gasteiger partial charge < -0.3 is 4.90 Å². The maximum atomic E-state index is 12.4. The van der Waals surface area contributed by atoms with Gasteiger partial charge in [-0.05, 0) is 25.2 Å². The molecule has 4 nitrogen and oxygen atoms in total. The Hall–Kier alpha value is -0.940. The summed E-state index contributed by atoms with van der Waals surface area (Å²) < 4.78 is 0. The van der Waals surface area contributed by atoms with Gasteiger partial charge in [-0.2, -0.15) is 0 Å². The van der Waals surface area contributed by atoms with Gasteiger partial charge in [-0.1, -0.05) is 19.8 Å². The summed E-state index contributed by atoms with van der Waals surface area (Å²) in [4.78, 5) is 21.5. The Morgan fingerprint density at radius 1 is 1.27 bits per heavy atom. The van der Waals surface area contributed by atoms with Crippen molar-refractivity contribution >= 4 is 17.2 Å². The van der Waals surface area contributed by atoms with Crippen LogP contribution in [0.25, 0.3) is 0 Å². The van der Waals surface area contributed by atoms with Crippen LogP contribution in [0.4, 0.5) is 0 Å². The van der Waals surface area contributed by atoms with Gasteiger partial charge in [0.15, 0.2) is 0 Å². The molecule has 1 saturated carbocycles. The first-order chi connectivity index (χ1) is 10.7. The summed E-state index contributed by atoms with van der Waals surface area (Å²) in [5.74, 6) is 1.04. The second-order valence-corrected chi connectivity index (χ2v) is 7.54. The van der Waals surface area contributed by atoms with Crippen molar-refractivity contribution in [2.45, 2.75) is 52.0 Å². The number of thiazole rings is 1. The number of hydrogen-bond donors (Lipinski definition) is 0. The fraction of sp³-hybridized carbons (Fsp3) is 0.765. The Bertz CT molecular complexity index is 488. The lowest BCUT2D eigenvalue weighted by Gasteiger charge is -2.34. The van der Waals surface area contributed by atoms with Crippen LogP contribution in [0.5, 0.6) is 0 Å². The molecule has 3 rings (SSSR count). The smallest absolute Gasteiger partial charge is 0.222 e. The monoisotopic (exact) mass is 321 g/mol. The lowest BCUT2D eigenvalue weighted by molar-refractivity contribution is -0.134. The minimum Gasteiger partial charge on any atom is -0.340 e. The fourth-order valence-electron chi connectivity index (χ4n) is 3.56. The Morgan fingerprint density at radius 2 is 2.00 bits per heavy atom. The lowest BCUT2D eigenvalue weighted by atomic mass is 10.0. The summed E-state index contributed by atoms with van der Waals surface area (Å²) in [6, 6.07) is 0. The molecule has 0 aromatic carbocycles. The first kappa shape index (κ1) is 15.9. The molecule has 2 fully saturated rings. The van der Waals surface area contributed by atoms with Crippen LogP contribution in [0.3, 0.4) is 0 Å². The number of amides is 1. The third-order valence-electron chi connectivity index (χ3n) is 4.95. The normalized spacial score (nSPS) is 20.7. The molecule has 2 aliphatic rings. The average Bonchev–Trinajstić information content (AvgIpc) is 3.19. The molecule has 1 aliphatic carbocycles. The molecule has 1 aromatic heterocycles. The zero-order valence-corrected chi connectivity index (χ0v) is 14.4. The molecule has 0 radical (unpaired) electrons. The minimum absolute atomic E-state index is 0.383. The number of aromatic nitrogens is 1. The van der Waals surface area contributed by atoms with Gasteiger partial charge in [-0.3, -0.25) is 9.69 Å². The van der Waals surface area contributed by atoms with Crippen molar-refractivity contribution in [2.24, 2.45) is 5.92 Å². The first-order valence-electron chi connectivity index (χ1n) is 8.68. The fourth-order valence-corrected chi connectivity index (χ4v) is 4.29. The highest BCUT2D eigenvalue weighted by Crippen LogP contribution is 2.28. The van der Waals surface area contributed by atoms with Crippen LogP contribution in [0.1, 0.15) is 49.7 Å². The second kappa shape index (κ2) is 7.55. The van der Waals surface area contributed by atoms with E-state index in [1.54, 1.807) is 11.3 Å². The van der Waals surface area contributed by atoms with E-state index in [0.717, 1.165) is 45.6 Å². The largest absolute Gasteiger partial charge is 0.340 e. The van der Waals surface area contributed by atoms with E-state index in [4.69, 9.17) is 0 Å². The maximum absolute atomic E-state index is 12.4. The highest BCUT2D eigenvalue weighted by Gasteiger charge is 2.25. The van der Waals surface area contributed by atoms with E-state index in [1.165, 1.54) is 36.4 Å². The van der Waals surface area contributed by atoms with Crippen molar-refractivity contribution in [3.05, 3.63) is 16.1 Å². The molecule has 0 atom stereocenters. The Labute approximate surface area is 137 Å². The first-order valence-corrected chi connectivity index (χ1v) is 9.56. The SMILES string of the molecule is CCc1nc(CN2CCN(C(=O)CC3CCCC3)CC2)cs1. The number of rotatable bonds is 5. The van der Waals surface area contributed by atoms with Gasteiger partial charge in [0.05, 0.1) is 10.7 Å². The maximum Gasteiger partial charge on any atom is 0.222 e. The highest BCUT2D eigenvalue weighted by atomic mass is 32.1. The van der Waals surface area contributed by atoms with Gasteiger partial charge in [0.2, 0.25) is 5.91 Å². The quantitative estimate of drug-likeness (QED) is 0.836. The van der Waals surface area contributed by atoms with Crippen molar-refractivity contribution in [3.8, 4) is 0 Å². The topological polar surface area (TPSA) is 36.4 Å². The van der Waals surface area contributed by atoms with Crippen LogP contribution in [0.2, 0.25) is 0 Å². The van der Waals surface area contributed by atoms with Crippen LogP contribution in [-0.4, -0.2) is 46.9 Å². The van der Waals surface area contributed by atoms with Crippen LogP contribution in [0, 0.1) is 5.92 Å². The molecule has 0 spiro atoms. The number of carbonyl (C=O) groups excluding carboxylic acids is 1. The number of hydrogen-bond acceptors (Lipinski definition) is 4. The number of carbonyl (C=O) groups is 1. The summed E-state index contributed by atoms with van der Waals surface area (Å²) in [6.07, 6.45) is 6.96. The van der Waals surface area contributed by atoms with E-state index < -0.39 is 0 Å². The van der Waals surface area contributed by atoms with E-state index in [0.29, 0.717) is 11.8 Å². The highest BCUT2D eigenvalue weighted by molar-refractivity contribution is 7.09. The molecule has 1 aliphatic heterocycles. The van der Waals surface area contributed by atoms with Gasteiger partial charge in [0.1, 0.15) is 0 Å². The van der Waals surface area contributed by atoms with Crippen LogP contribution in [-0.2, 0) is 17.8 Å². The molecular formula is C17H27N3OS. The number of aryl methyl sites for hydroxylation is 1.